The molecule has 0 saturated carbocycles. The smallest absolute Gasteiger partial charge is 0.127 e. The van der Waals surface area contributed by atoms with E-state index in [0.717, 1.165) is 60.6 Å². The van der Waals surface area contributed by atoms with Gasteiger partial charge in [-0.3, -0.25) is 0 Å². The molecule has 6 heteroatoms. The molecule has 0 unspecified atom stereocenters. The Balaban J connectivity index is 1.03. The fourth-order valence-corrected chi connectivity index (χ4v) is 4.25. The molecule has 202 valence electrons. The highest BCUT2D eigenvalue weighted by Crippen LogP contribution is 2.24. The molecule has 0 aliphatic heterocycles. The van der Waals surface area contributed by atoms with Crippen molar-refractivity contribution in [2.75, 3.05) is 11.5 Å². The molecular weight excluding hydrogens is 496 g/mol. The summed E-state index contributed by atoms with van der Waals surface area (Å²) in [6.45, 7) is 3.16. The standard InChI is InChI=1S/C34H34N4O2/c35-29-8-16-33(17-9-29)39-31-12-4-25(5-13-31)21-37-23-27-2-1-3-28(20-27)24-38-22-26-6-14-32(15-7-26)40-34-18-10-30(36)11-19-34/h1-20,37-38H,21-24,35-36H2. The van der Waals surface area contributed by atoms with E-state index in [1.807, 2.05) is 72.8 Å². The summed E-state index contributed by atoms with van der Waals surface area (Å²) in [6.07, 6.45) is 0. The number of rotatable bonds is 12. The SMILES string of the molecule is Nc1ccc(Oc2ccc(CNCc3cccc(CNCc4ccc(Oc5ccc(N)cc5)cc4)c3)cc2)cc1. The van der Waals surface area contributed by atoms with Gasteiger partial charge >= 0.3 is 0 Å². The highest BCUT2D eigenvalue weighted by atomic mass is 16.5. The Morgan fingerprint density at radius 2 is 0.725 bits per heavy atom. The molecule has 0 aliphatic carbocycles. The first kappa shape index (κ1) is 26.8. The minimum atomic E-state index is 0.722. The van der Waals surface area contributed by atoms with Gasteiger partial charge in [-0.15, -0.1) is 0 Å². The largest absolute Gasteiger partial charge is 0.457 e. The molecule has 40 heavy (non-hydrogen) atoms. The fraction of sp³-hybridized carbons (Fsp3) is 0.118. The van der Waals surface area contributed by atoms with Gasteiger partial charge in [-0.25, -0.2) is 0 Å². The Morgan fingerprint density at radius 3 is 1.10 bits per heavy atom. The molecular formula is C34H34N4O2. The molecule has 5 rings (SSSR count). The second-order valence-electron chi connectivity index (χ2n) is 9.66. The first-order valence-electron chi connectivity index (χ1n) is 13.3. The van der Waals surface area contributed by atoms with Crippen molar-refractivity contribution in [1.82, 2.24) is 10.6 Å². The average molecular weight is 531 g/mol. The van der Waals surface area contributed by atoms with E-state index >= 15 is 0 Å². The zero-order chi connectivity index (χ0) is 27.6. The van der Waals surface area contributed by atoms with Crippen LogP contribution in [0.5, 0.6) is 23.0 Å². The van der Waals surface area contributed by atoms with Crippen molar-refractivity contribution in [2.45, 2.75) is 26.2 Å². The van der Waals surface area contributed by atoms with Crippen LogP contribution in [0.2, 0.25) is 0 Å². The van der Waals surface area contributed by atoms with Gasteiger partial charge in [0.2, 0.25) is 0 Å². The van der Waals surface area contributed by atoms with Crippen LogP contribution in [-0.4, -0.2) is 0 Å². The Kier molecular flexibility index (Phi) is 8.94. The van der Waals surface area contributed by atoms with Crippen LogP contribution in [0.3, 0.4) is 0 Å². The number of nitrogen functional groups attached to an aromatic ring is 2. The van der Waals surface area contributed by atoms with Crippen molar-refractivity contribution in [1.29, 1.82) is 0 Å². The first-order valence-corrected chi connectivity index (χ1v) is 13.3. The third-order valence-corrected chi connectivity index (χ3v) is 6.39. The molecule has 6 N–H and O–H groups in total. The van der Waals surface area contributed by atoms with E-state index in [4.69, 9.17) is 20.9 Å². The molecule has 6 nitrogen and oxygen atoms in total. The summed E-state index contributed by atoms with van der Waals surface area (Å²) >= 11 is 0. The van der Waals surface area contributed by atoms with Crippen LogP contribution in [0.4, 0.5) is 11.4 Å². The number of benzene rings is 5. The number of nitrogens with two attached hydrogens (primary N) is 2. The Labute approximate surface area is 235 Å². The molecule has 0 heterocycles. The lowest BCUT2D eigenvalue weighted by atomic mass is 10.1. The minimum Gasteiger partial charge on any atom is -0.457 e. The highest BCUT2D eigenvalue weighted by molar-refractivity contribution is 5.44. The predicted molar refractivity (Wildman–Crippen MR) is 162 cm³/mol. The Bertz CT molecular complexity index is 1370. The van der Waals surface area contributed by atoms with Crippen LogP contribution in [0.1, 0.15) is 22.3 Å². The van der Waals surface area contributed by atoms with Gasteiger partial charge in [-0.2, -0.15) is 0 Å². The summed E-state index contributed by atoms with van der Waals surface area (Å²) in [6, 6.07) is 39.7. The topological polar surface area (TPSA) is 94.6 Å². The van der Waals surface area contributed by atoms with Crippen molar-refractivity contribution in [2.24, 2.45) is 0 Å². The molecule has 0 aliphatic rings. The maximum atomic E-state index is 5.88. The zero-order valence-electron chi connectivity index (χ0n) is 22.3. The molecule has 0 atom stereocenters. The van der Waals surface area contributed by atoms with Crippen molar-refractivity contribution in [3.8, 4) is 23.0 Å². The lowest BCUT2D eigenvalue weighted by molar-refractivity contribution is 0.482. The quantitative estimate of drug-likeness (QED) is 0.130. The van der Waals surface area contributed by atoms with Crippen LogP contribution in [0.15, 0.2) is 121 Å². The molecule has 0 fully saturated rings. The number of hydrogen-bond donors (Lipinski definition) is 4. The number of ether oxygens (including phenoxy) is 2. The summed E-state index contributed by atoms with van der Waals surface area (Å²) in [4.78, 5) is 0. The maximum Gasteiger partial charge on any atom is 0.127 e. The van der Waals surface area contributed by atoms with E-state index in [-0.39, 0.29) is 0 Å². The van der Waals surface area contributed by atoms with Crippen molar-refractivity contribution in [3.05, 3.63) is 144 Å². The minimum absolute atomic E-state index is 0.722. The van der Waals surface area contributed by atoms with E-state index in [9.17, 15) is 0 Å². The van der Waals surface area contributed by atoms with Crippen LogP contribution in [0, 0.1) is 0 Å². The lowest BCUT2D eigenvalue weighted by Crippen LogP contribution is -2.14. The van der Waals surface area contributed by atoms with Gasteiger partial charge in [0.1, 0.15) is 23.0 Å². The van der Waals surface area contributed by atoms with Crippen molar-refractivity contribution in [3.63, 3.8) is 0 Å². The van der Waals surface area contributed by atoms with E-state index in [1.54, 1.807) is 0 Å². The van der Waals surface area contributed by atoms with Crippen LogP contribution in [0.25, 0.3) is 0 Å². The number of anilines is 2. The summed E-state index contributed by atoms with van der Waals surface area (Å²) < 4.78 is 11.8. The summed E-state index contributed by atoms with van der Waals surface area (Å²) in [5, 5.41) is 7.07. The molecule has 0 saturated heterocycles. The maximum absolute atomic E-state index is 5.88. The van der Waals surface area contributed by atoms with E-state index in [0.29, 0.717) is 0 Å². The normalized spacial score (nSPS) is 10.8. The van der Waals surface area contributed by atoms with E-state index in [1.165, 1.54) is 22.3 Å². The van der Waals surface area contributed by atoms with Crippen LogP contribution < -0.4 is 31.6 Å². The van der Waals surface area contributed by atoms with Gasteiger partial charge in [-0.05, 0) is 95.1 Å². The van der Waals surface area contributed by atoms with E-state index in [2.05, 4.69) is 59.2 Å². The predicted octanol–water partition coefficient (Wildman–Crippen LogP) is 7.02. The first-order chi connectivity index (χ1) is 19.6. The zero-order valence-corrected chi connectivity index (χ0v) is 22.3. The van der Waals surface area contributed by atoms with Crippen molar-refractivity contribution >= 4 is 11.4 Å². The molecule has 5 aromatic rings. The van der Waals surface area contributed by atoms with Crippen molar-refractivity contribution < 1.29 is 9.47 Å². The number of hydrogen-bond acceptors (Lipinski definition) is 6. The van der Waals surface area contributed by atoms with Crippen LogP contribution >= 0.6 is 0 Å². The summed E-state index contributed by atoms with van der Waals surface area (Å²) in [5.41, 5.74) is 17.8. The Morgan fingerprint density at radius 1 is 0.400 bits per heavy atom. The summed E-state index contributed by atoms with van der Waals surface area (Å²) in [7, 11) is 0. The monoisotopic (exact) mass is 530 g/mol. The molecule has 0 amide bonds. The molecule has 5 aromatic carbocycles. The fourth-order valence-electron chi connectivity index (χ4n) is 4.25. The van der Waals surface area contributed by atoms with Gasteiger partial charge in [0.05, 0.1) is 0 Å². The van der Waals surface area contributed by atoms with Gasteiger partial charge in [0.15, 0.2) is 0 Å². The molecule has 0 bridgehead atoms. The Hall–Kier alpha value is -4.78. The molecule has 0 aromatic heterocycles. The lowest BCUT2D eigenvalue weighted by Gasteiger charge is -2.10. The highest BCUT2D eigenvalue weighted by Gasteiger charge is 2.02. The van der Waals surface area contributed by atoms with E-state index < -0.39 is 0 Å². The molecule has 0 spiro atoms. The van der Waals surface area contributed by atoms with Gasteiger partial charge in [-0.1, -0.05) is 48.5 Å². The van der Waals surface area contributed by atoms with Gasteiger partial charge in [0, 0.05) is 37.6 Å². The van der Waals surface area contributed by atoms with Gasteiger partial charge < -0.3 is 31.6 Å². The molecule has 0 radical (unpaired) electrons. The van der Waals surface area contributed by atoms with Crippen LogP contribution in [-0.2, 0) is 26.2 Å². The third kappa shape index (κ3) is 8.11. The number of nitrogens with one attached hydrogen (secondary N) is 2. The summed E-state index contributed by atoms with van der Waals surface area (Å²) in [5.74, 6) is 3.15. The van der Waals surface area contributed by atoms with Gasteiger partial charge in [0.25, 0.3) is 0 Å². The second kappa shape index (κ2) is 13.3. The second-order valence-corrected chi connectivity index (χ2v) is 9.66. The average Bonchev–Trinajstić information content (AvgIpc) is 2.98. The third-order valence-electron chi connectivity index (χ3n) is 6.39.